The molecule has 182 valence electrons. The highest BCUT2D eigenvalue weighted by molar-refractivity contribution is 5.99. The van der Waals surface area contributed by atoms with E-state index in [0.717, 1.165) is 58.9 Å². The van der Waals surface area contributed by atoms with E-state index < -0.39 is 0 Å². The van der Waals surface area contributed by atoms with E-state index in [9.17, 15) is 9.59 Å². The largest absolute Gasteiger partial charge is 0.326 e. The van der Waals surface area contributed by atoms with Gasteiger partial charge in [-0.2, -0.15) is 0 Å². The van der Waals surface area contributed by atoms with Crippen molar-refractivity contribution >= 4 is 45.0 Å². The van der Waals surface area contributed by atoms with E-state index in [1.54, 1.807) is 0 Å². The smallest absolute Gasteiger partial charge is 0.224 e. The zero-order valence-electron chi connectivity index (χ0n) is 20.8. The van der Waals surface area contributed by atoms with E-state index in [0.29, 0.717) is 12.8 Å². The Bertz CT molecular complexity index is 1010. The molecule has 1 heterocycles. The summed E-state index contributed by atoms with van der Waals surface area (Å²) in [6, 6.07) is 13.8. The van der Waals surface area contributed by atoms with Crippen LogP contribution >= 0.6 is 0 Å². The molecule has 1 aromatic heterocycles. The zero-order valence-corrected chi connectivity index (χ0v) is 20.8. The van der Waals surface area contributed by atoms with Gasteiger partial charge < -0.3 is 10.6 Å². The van der Waals surface area contributed by atoms with Gasteiger partial charge in [0.25, 0.3) is 0 Å². The maximum atomic E-state index is 12.3. The summed E-state index contributed by atoms with van der Waals surface area (Å²) in [5.74, 6) is 0.104. The molecule has 0 bridgehead atoms. The molecule has 0 aliphatic heterocycles. The normalized spacial score (nSPS) is 11.1. The summed E-state index contributed by atoms with van der Waals surface area (Å²) < 4.78 is 0. The number of aromatic nitrogens is 1. The number of carbonyl (C=O) groups excluding carboxylic acids is 2. The first-order chi connectivity index (χ1) is 16.6. The zero-order chi connectivity index (χ0) is 24.2. The van der Waals surface area contributed by atoms with E-state index in [1.807, 2.05) is 36.4 Å². The van der Waals surface area contributed by atoms with E-state index >= 15 is 0 Å². The molecule has 2 N–H and O–H groups in total. The molecule has 5 nitrogen and oxygen atoms in total. The molecule has 0 aliphatic carbocycles. The molecule has 34 heavy (non-hydrogen) atoms. The molecule has 0 saturated carbocycles. The van der Waals surface area contributed by atoms with Crippen molar-refractivity contribution in [3.05, 3.63) is 42.5 Å². The molecule has 0 atom stereocenters. The number of nitrogens with one attached hydrogen (secondary N) is 2. The fraction of sp³-hybridized carbons (Fsp3) is 0.483. The number of anilines is 2. The molecule has 5 heteroatoms. The lowest BCUT2D eigenvalue weighted by Crippen LogP contribution is -2.11. The van der Waals surface area contributed by atoms with E-state index in [-0.39, 0.29) is 11.8 Å². The number of carbonyl (C=O) groups is 2. The van der Waals surface area contributed by atoms with Crippen LogP contribution in [0.5, 0.6) is 0 Å². The van der Waals surface area contributed by atoms with Crippen LogP contribution in [0.15, 0.2) is 42.5 Å². The van der Waals surface area contributed by atoms with Crippen LogP contribution in [0, 0.1) is 0 Å². The standard InChI is InChI=1S/C29H39N3O2/c1-3-5-7-9-11-13-28(33)30-24-17-15-22-19-23-16-18-25(21-27(23)32-26(22)20-24)31-29(34)14-12-10-8-6-4-2/h15-21H,3-14H2,1-2H3,(H,30,33)(H,31,34). The monoisotopic (exact) mass is 461 g/mol. The van der Waals surface area contributed by atoms with Gasteiger partial charge in [-0.05, 0) is 43.2 Å². The van der Waals surface area contributed by atoms with Crippen LogP contribution in [-0.2, 0) is 9.59 Å². The van der Waals surface area contributed by atoms with Crippen LogP contribution in [0.4, 0.5) is 11.4 Å². The lowest BCUT2D eigenvalue weighted by molar-refractivity contribution is -0.117. The Morgan fingerprint density at radius 3 is 1.50 bits per heavy atom. The van der Waals surface area contributed by atoms with Crippen molar-refractivity contribution in [2.45, 2.75) is 90.9 Å². The van der Waals surface area contributed by atoms with Crippen molar-refractivity contribution in [2.75, 3.05) is 10.6 Å². The molecular formula is C29H39N3O2. The first kappa shape index (κ1) is 25.7. The number of nitrogens with zero attached hydrogens (tertiary/aromatic N) is 1. The quantitative estimate of drug-likeness (QED) is 0.189. The predicted molar refractivity (Wildman–Crippen MR) is 143 cm³/mol. The molecule has 3 aromatic rings. The van der Waals surface area contributed by atoms with E-state index in [4.69, 9.17) is 4.98 Å². The highest BCUT2D eigenvalue weighted by atomic mass is 16.2. The minimum atomic E-state index is 0.0522. The Labute approximate surface area is 203 Å². The molecule has 0 spiro atoms. The van der Waals surface area contributed by atoms with Gasteiger partial charge in [-0.1, -0.05) is 77.3 Å². The van der Waals surface area contributed by atoms with Gasteiger partial charge in [0.1, 0.15) is 0 Å². The van der Waals surface area contributed by atoms with Crippen LogP contribution in [0.3, 0.4) is 0 Å². The van der Waals surface area contributed by atoms with Crippen molar-refractivity contribution < 1.29 is 9.59 Å². The molecule has 2 amide bonds. The van der Waals surface area contributed by atoms with E-state index in [1.165, 1.54) is 38.5 Å². The number of unbranched alkanes of at least 4 members (excludes halogenated alkanes) is 8. The molecule has 0 saturated heterocycles. The Kier molecular flexibility index (Phi) is 10.3. The van der Waals surface area contributed by atoms with Gasteiger partial charge in [0, 0.05) is 35.0 Å². The molecule has 3 rings (SSSR count). The lowest BCUT2D eigenvalue weighted by Gasteiger charge is -2.09. The topological polar surface area (TPSA) is 71.1 Å². The van der Waals surface area contributed by atoms with Gasteiger partial charge >= 0.3 is 0 Å². The number of pyridine rings is 1. The third kappa shape index (κ3) is 8.12. The fourth-order valence-electron chi connectivity index (χ4n) is 4.20. The van der Waals surface area contributed by atoms with Crippen molar-refractivity contribution in [1.82, 2.24) is 4.98 Å². The van der Waals surface area contributed by atoms with Gasteiger partial charge in [0.15, 0.2) is 0 Å². The molecule has 0 aliphatic rings. The number of amides is 2. The maximum Gasteiger partial charge on any atom is 0.224 e. The summed E-state index contributed by atoms with van der Waals surface area (Å²) >= 11 is 0. The van der Waals surface area contributed by atoms with Gasteiger partial charge in [0.2, 0.25) is 11.8 Å². The van der Waals surface area contributed by atoms with Crippen molar-refractivity contribution in [3.8, 4) is 0 Å². The number of benzene rings is 2. The molecule has 0 unspecified atom stereocenters. The summed E-state index contributed by atoms with van der Waals surface area (Å²) in [5, 5.41) is 8.06. The van der Waals surface area contributed by atoms with Gasteiger partial charge in [-0.25, -0.2) is 4.98 Å². The number of rotatable bonds is 14. The van der Waals surface area contributed by atoms with Crippen molar-refractivity contribution in [1.29, 1.82) is 0 Å². The van der Waals surface area contributed by atoms with E-state index in [2.05, 4.69) is 30.5 Å². The van der Waals surface area contributed by atoms with Crippen LogP contribution in [0.25, 0.3) is 21.8 Å². The number of hydrogen-bond acceptors (Lipinski definition) is 3. The minimum absolute atomic E-state index is 0.0522. The molecule has 0 radical (unpaired) electrons. The Balaban J connectivity index is 1.61. The Morgan fingerprint density at radius 2 is 1.06 bits per heavy atom. The Morgan fingerprint density at radius 1 is 0.618 bits per heavy atom. The highest BCUT2D eigenvalue weighted by Crippen LogP contribution is 2.25. The first-order valence-electron chi connectivity index (χ1n) is 13.0. The Hall–Kier alpha value is -2.95. The summed E-state index contributed by atoms with van der Waals surface area (Å²) in [4.78, 5) is 29.4. The van der Waals surface area contributed by atoms with Gasteiger partial charge in [-0.15, -0.1) is 0 Å². The summed E-state index contributed by atoms with van der Waals surface area (Å²) in [7, 11) is 0. The lowest BCUT2D eigenvalue weighted by atomic mass is 10.1. The minimum Gasteiger partial charge on any atom is -0.326 e. The van der Waals surface area contributed by atoms with Crippen LogP contribution in [-0.4, -0.2) is 16.8 Å². The molecule has 2 aromatic carbocycles. The maximum absolute atomic E-state index is 12.3. The van der Waals surface area contributed by atoms with Crippen LogP contribution in [0.2, 0.25) is 0 Å². The average Bonchev–Trinajstić information content (AvgIpc) is 2.82. The van der Waals surface area contributed by atoms with Crippen LogP contribution < -0.4 is 10.6 Å². The van der Waals surface area contributed by atoms with Crippen molar-refractivity contribution in [3.63, 3.8) is 0 Å². The fourth-order valence-corrected chi connectivity index (χ4v) is 4.20. The second-order valence-electron chi connectivity index (χ2n) is 9.23. The van der Waals surface area contributed by atoms with Crippen LogP contribution in [0.1, 0.15) is 90.9 Å². The third-order valence-electron chi connectivity index (χ3n) is 6.20. The summed E-state index contributed by atoms with van der Waals surface area (Å²) in [6.45, 7) is 4.38. The molecule has 0 fully saturated rings. The third-order valence-corrected chi connectivity index (χ3v) is 6.20. The second kappa shape index (κ2) is 13.7. The van der Waals surface area contributed by atoms with Crippen molar-refractivity contribution in [2.24, 2.45) is 0 Å². The molecular weight excluding hydrogens is 422 g/mol. The SMILES string of the molecule is CCCCCCCC(=O)Nc1ccc2cc3ccc(NC(=O)CCCCCCC)cc3nc2c1. The average molecular weight is 462 g/mol. The number of hydrogen-bond donors (Lipinski definition) is 2. The van der Waals surface area contributed by atoms with Gasteiger partial charge in [0.05, 0.1) is 11.0 Å². The predicted octanol–water partition coefficient (Wildman–Crippen LogP) is 7.99. The second-order valence-corrected chi connectivity index (χ2v) is 9.23. The highest BCUT2D eigenvalue weighted by Gasteiger charge is 2.07. The van der Waals surface area contributed by atoms with Gasteiger partial charge in [-0.3, -0.25) is 9.59 Å². The summed E-state index contributed by atoms with van der Waals surface area (Å²) in [5.41, 5.74) is 3.19. The number of fused-ring (bicyclic) bond motifs is 2. The first-order valence-corrected chi connectivity index (χ1v) is 13.0. The summed E-state index contributed by atoms with van der Waals surface area (Å²) in [6.07, 6.45) is 12.4.